The first-order valence-electron chi connectivity index (χ1n) is 3.38. The minimum Gasteiger partial charge on any atom is -0.0929 e. The van der Waals surface area contributed by atoms with Crippen LogP contribution in [0.1, 0.15) is 5.56 Å². The van der Waals surface area contributed by atoms with E-state index < -0.39 is 0 Å². The molecule has 0 aromatic heterocycles. The number of benzene rings is 1. The summed E-state index contributed by atoms with van der Waals surface area (Å²) in [6.07, 6.45) is 0. The van der Waals surface area contributed by atoms with Crippen LogP contribution in [-0.2, 0) is 16.2 Å². The van der Waals surface area contributed by atoms with Gasteiger partial charge in [-0.05, 0) is 0 Å². The summed E-state index contributed by atoms with van der Waals surface area (Å²) in [4.78, 5) is 14.2. The molecular weight excluding hydrogens is 142 g/mol. The molecule has 0 unspecified atom stereocenters. The van der Waals surface area contributed by atoms with Gasteiger partial charge in [0.25, 0.3) is 0 Å². The maximum atomic E-state index is 9.74. The zero-order valence-electron chi connectivity index (χ0n) is 6.07. The summed E-state index contributed by atoms with van der Waals surface area (Å²) in [6, 6.07) is 9.80. The lowest BCUT2D eigenvalue weighted by Gasteiger charge is -1.91. The molecule has 0 aliphatic carbocycles. The number of quaternary nitrogens is 1. The summed E-state index contributed by atoms with van der Waals surface area (Å²) in [5.41, 5.74) is 2.61. The molecule has 1 rings (SSSR count). The quantitative estimate of drug-likeness (QED) is 0.282. The largest absolute Gasteiger partial charge is 0.629 e. The Balaban J connectivity index is 2.33. The van der Waals surface area contributed by atoms with Crippen LogP contribution in [0.25, 0.3) is 0 Å². The highest BCUT2D eigenvalue weighted by atomic mass is 16.7. The highest BCUT2D eigenvalue weighted by molar-refractivity contribution is 5.35. The Morgan fingerprint density at radius 2 is 2.09 bits per heavy atom. The zero-order chi connectivity index (χ0) is 7.94. The van der Waals surface area contributed by atoms with Crippen molar-refractivity contribution in [3.63, 3.8) is 0 Å². The fourth-order valence-corrected chi connectivity index (χ4v) is 0.798. The minimum absolute atomic E-state index is 0.420. The van der Waals surface area contributed by atoms with E-state index >= 15 is 0 Å². The Morgan fingerprint density at radius 1 is 1.36 bits per heavy atom. The molecule has 0 aliphatic rings. The van der Waals surface area contributed by atoms with E-state index in [4.69, 9.17) is 0 Å². The van der Waals surface area contributed by atoms with Gasteiger partial charge in [-0.3, -0.25) is 0 Å². The average molecular weight is 152 g/mol. The van der Waals surface area contributed by atoms with E-state index in [1.54, 1.807) is 0 Å². The first-order valence-corrected chi connectivity index (χ1v) is 3.38. The topological polar surface area (TPSA) is 45.7 Å². The molecule has 0 amide bonds. The van der Waals surface area contributed by atoms with E-state index in [-0.39, 0.29) is 0 Å². The molecule has 0 bridgehead atoms. The van der Waals surface area contributed by atoms with Gasteiger partial charge in [-0.15, -0.1) is 0 Å². The molecule has 0 atom stereocenters. The van der Waals surface area contributed by atoms with Crippen molar-refractivity contribution in [2.24, 2.45) is 0 Å². The summed E-state index contributed by atoms with van der Waals surface area (Å²) in [5, 5.41) is 0. The minimum atomic E-state index is 0.420. The molecule has 0 aliphatic heterocycles. The van der Waals surface area contributed by atoms with Gasteiger partial charge in [0, 0.05) is 5.56 Å². The molecule has 0 fully saturated rings. The van der Waals surface area contributed by atoms with Crippen LogP contribution in [-0.4, -0.2) is 6.47 Å². The first-order chi connectivity index (χ1) is 5.43. The predicted molar refractivity (Wildman–Crippen MR) is 39.2 cm³/mol. The van der Waals surface area contributed by atoms with Gasteiger partial charge in [-0.25, -0.2) is 0 Å². The highest BCUT2D eigenvalue weighted by Crippen LogP contribution is 1.93. The number of rotatable bonds is 4. The predicted octanol–water partition coefficient (Wildman–Crippen LogP) is -0.162. The van der Waals surface area contributed by atoms with Crippen molar-refractivity contribution in [1.82, 2.24) is 0 Å². The fraction of sp³-hybridized carbons (Fsp3) is 0.125. The van der Waals surface area contributed by atoms with E-state index in [1.165, 1.54) is 5.48 Å². The Labute approximate surface area is 64.9 Å². The fourth-order valence-electron chi connectivity index (χ4n) is 0.798. The third-order valence-electron chi connectivity index (χ3n) is 1.31. The van der Waals surface area contributed by atoms with Crippen molar-refractivity contribution >= 4 is 6.47 Å². The van der Waals surface area contributed by atoms with Crippen LogP contribution < -0.4 is 5.48 Å². The number of carbonyl (C=O) groups is 1. The van der Waals surface area contributed by atoms with Gasteiger partial charge in [0.15, 0.2) is 6.54 Å². The van der Waals surface area contributed by atoms with Gasteiger partial charge in [0.1, 0.15) is 0 Å². The van der Waals surface area contributed by atoms with Gasteiger partial charge >= 0.3 is 6.47 Å². The lowest BCUT2D eigenvalue weighted by molar-refractivity contribution is -0.882. The monoisotopic (exact) mass is 152 g/mol. The second-order valence-corrected chi connectivity index (χ2v) is 2.09. The second-order valence-electron chi connectivity index (χ2n) is 2.09. The molecule has 3 nitrogen and oxygen atoms in total. The molecule has 11 heavy (non-hydrogen) atoms. The number of hydroxylamine groups is 1. The molecule has 1 aromatic carbocycles. The van der Waals surface area contributed by atoms with Gasteiger partial charge < -0.3 is 0 Å². The Hall–Kier alpha value is -1.35. The van der Waals surface area contributed by atoms with E-state index in [9.17, 15) is 4.79 Å². The SMILES string of the molecule is [O+]=CO[NH2+]Cc1ccccc1. The van der Waals surface area contributed by atoms with Gasteiger partial charge in [-0.2, -0.15) is 0 Å². The first kappa shape index (κ1) is 7.75. The average Bonchev–Trinajstić information content (AvgIpc) is 2.07. The normalized spacial score (nSPS) is 9.09. The van der Waals surface area contributed by atoms with E-state index in [0.29, 0.717) is 13.0 Å². The maximum Gasteiger partial charge on any atom is 0.629 e. The van der Waals surface area contributed by atoms with Crippen LogP contribution in [0.4, 0.5) is 0 Å². The Morgan fingerprint density at radius 3 is 2.73 bits per heavy atom. The molecular formula is C8H10NO2+2. The van der Waals surface area contributed by atoms with Crippen molar-refractivity contribution in [2.75, 3.05) is 0 Å². The van der Waals surface area contributed by atoms with Crippen molar-refractivity contribution in [3.05, 3.63) is 35.9 Å². The molecule has 0 saturated carbocycles. The van der Waals surface area contributed by atoms with E-state index in [0.717, 1.165) is 5.56 Å². The van der Waals surface area contributed by atoms with Gasteiger partial charge in [-0.1, -0.05) is 40.6 Å². The second kappa shape index (κ2) is 4.46. The summed E-state index contributed by atoms with van der Waals surface area (Å²) < 4.78 is 0. The van der Waals surface area contributed by atoms with Gasteiger partial charge in [0.05, 0.1) is 4.79 Å². The number of hydrogen-bond acceptors (Lipinski definition) is 2. The Kier molecular flexibility index (Phi) is 3.15. The van der Waals surface area contributed by atoms with Crippen LogP contribution in [0.15, 0.2) is 30.3 Å². The van der Waals surface area contributed by atoms with Crippen molar-refractivity contribution in [1.29, 1.82) is 0 Å². The van der Waals surface area contributed by atoms with Crippen LogP contribution >= 0.6 is 0 Å². The summed E-state index contributed by atoms with van der Waals surface area (Å²) in [7, 11) is 0. The van der Waals surface area contributed by atoms with E-state index in [1.807, 2.05) is 30.3 Å². The summed E-state index contributed by atoms with van der Waals surface area (Å²) in [5.74, 6) is 0. The highest BCUT2D eigenvalue weighted by Gasteiger charge is 1.97. The van der Waals surface area contributed by atoms with Gasteiger partial charge in [0.2, 0.25) is 0 Å². The molecule has 57 valence electrons. The number of hydrogen-bond donors (Lipinski definition) is 1. The number of nitrogens with two attached hydrogens (primary N) is 1. The molecule has 1 radical (unpaired) electrons. The van der Waals surface area contributed by atoms with Crippen LogP contribution in [0.2, 0.25) is 0 Å². The standard InChI is InChI=1S/C8H9NO2/c10-7-11-9-6-8-4-2-1-3-5-8/h1-5,7,9H,6H2/q+1/p+1. The van der Waals surface area contributed by atoms with Crippen LogP contribution in [0.5, 0.6) is 0 Å². The van der Waals surface area contributed by atoms with E-state index in [2.05, 4.69) is 4.84 Å². The lowest BCUT2D eigenvalue weighted by atomic mass is 10.2. The van der Waals surface area contributed by atoms with Crippen molar-refractivity contribution in [3.8, 4) is 0 Å². The van der Waals surface area contributed by atoms with Crippen molar-refractivity contribution < 1.29 is 15.1 Å². The Bertz CT molecular complexity index is 211. The molecule has 0 saturated heterocycles. The molecule has 0 spiro atoms. The molecule has 2 N–H and O–H groups in total. The van der Waals surface area contributed by atoms with Crippen molar-refractivity contribution in [2.45, 2.75) is 6.54 Å². The molecule has 1 aromatic rings. The van der Waals surface area contributed by atoms with Crippen LogP contribution in [0, 0.1) is 0 Å². The zero-order valence-corrected chi connectivity index (χ0v) is 6.07. The smallest absolute Gasteiger partial charge is 0.0929 e. The lowest BCUT2D eigenvalue weighted by Crippen LogP contribution is -2.81. The maximum absolute atomic E-state index is 9.74. The summed E-state index contributed by atoms with van der Waals surface area (Å²) in [6.45, 7) is 1.09. The van der Waals surface area contributed by atoms with Crippen LogP contribution in [0.3, 0.4) is 0 Å². The molecule has 0 heterocycles. The third-order valence-corrected chi connectivity index (χ3v) is 1.31. The third kappa shape index (κ3) is 2.82. The number of carbonyl (C=O) groups excluding carboxylic acids is 1. The molecule has 3 heteroatoms. The summed E-state index contributed by atoms with van der Waals surface area (Å²) >= 11 is 0.